The van der Waals surface area contributed by atoms with Crippen molar-refractivity contribution in [2.45, 2.75) is 71.6 Å². The number of aryl methyl sites for hydroxylation is 2. The van der Waals surface area contributed by atoms with E-state index in [1.807, 2.05) is 36.4 Å². The van der Waals surface area contributed by atoms with E-state index >= 15 is 0 Å². The van der Waals surface area contributed by atoms with Crippen molar-refractivity contribution in [1.29, 1.82) is 0 Å². The number of benzene rings is 2. The summed E-state index contributed by atoms with van der Waals surface area (Å²) in [5.74, 6) is 1.74. The van der Waals surface area contributed by atoms with Crippen LogP contribution in [0.2, 0.25) is 0 Å². The second kappa shape index (κ2) is 19.5. The van der Waals surface area contributed by atoms with Gasteiger partial charge in [0.2, 0.25) is 0 Å². The van der Waals surface area contributed by atoms with Gasteiger partial charge in [-0.05, 0) is 113 Å². The van der Waals surface area contributed by atoms with E-state index in [4.69, 9.17) is 9.47 Å². The third kappa shape index (κ3) is 13.0. The van der Waals surface area contributed by atoms with Gasteiger partial charge in [0.15, 0.2) is 12.4 Å². The first-order chi connectivity index (χ1) is 21.5. The third-order valence-electron chi connectivity index (χ3n) is 8.70. The highest BCUT2D eigenvalue weighted by Gasteiger charge is 2.15. The summed E-state index contributed by atoms with van der Waals surface area (Å²) >= 11 is 0. The average Bonchev–Trinajstić information content (AvgIpc) is 3.05. The van der Waals surface area contributed by atoms with Crippen LogP contribution in [-0.2, 0) is 11.2 Å². The SMILES string of the molecule is C[C@H]1CCCN(CCCOc2ccc(-c3cc[n+]([O-])cc3)cc2)C1.Cc1ccc(CCCOCCCN2CCCCC2)cc1. The summed E-state index contributed by atoms with van der Waals surface area (Å²) in [6.45, 7) is 14.5. The van der Waals surface area contributed by atoms with E-state index in [0.717, 1.165) is 73.2 Å². The molecule has 0 unspecified atom stereocenters. The van der Waals surface area contributed by atoms with Crippen LogP contribution < -0.4 is 9.47 Å². The van der Waals surface area contributed by atoms with E-state index in [2.05, 4.69) is 47.9 Å². The Morgan fingerprint density at radius 1 is 0.727 bits per heavy atom. The van der Waals surface area contributed by atoms with Gasteiger partial charge in [-0.25, -0.2) is 0 Å². The maximum atomic E-state index is 11.1. The summed E-state index contributed by atoms with van der Waals surface area (Å²) in [4.78, 5) is 5.14. The van der Waals surface area contributed by atoms with Crippen molar-refractivity contribution in [1.82, 2.24) is 9.80 Å². The number of pyridine rings is 1. The molecule has 0 bridgehead atoms. The molecule has 2 aliphatic heterocycles. The van der Waals surface area contributed by atoms with Gasteiger partial charge in [-0.1, -0.05) is 55.3 Å². The van der Waals surface area contributed by atoms with Crippen LogP contribution in [0.5, 0.6) is 5.75 Å². The quantitative estimate of drug-likeness (QED) is 0.110. The second-order valence-corrected chi connectivity index (χ2v) is 12.7. The van der Waals surface area contributed by atoms with E-state index in [1.54, 1.807) is 0 Å². The number of nitrogens with zero attached hydrogens (tertiary/aromatic N) is 3. The van der Waals surface area contributed by atoms with Crippen molar-refractivity contribution in [2.24, 2.45) is 5.92 Å². The van der Waals surface area contributed by atoms with Crippen molar-refractivity contribution in [2.75, 3.05) is 59.1 Å². The van der Waals surface area contributed by atoms with Crippen LogP contribution in [-0.4, -0.2) is 68.9 Å². The average molecular weight is 602 g/mol. The van der Waals surface area contributed by atoms with E-state index < -0.39 is 0 Å². The number of piperidine rings is 2. The Bertz CT molecular complexity index is 1160. The highest BCUT2D eigenvalue weighted by molar-refractivity contribution is 5.63. The van der Waals surface area contributed by atoms with Crippen LogP contribution in [0.1, 0.15) is 69.4 Å². The molecule has 1 aromatic heterocycles. The Kier molecular flexibility index (Phi) is 15.0. The Balaban J connectivity index is 0.000000204. The first kappa shape index (κ1) is 34.0. The molecule has 0 N–H and O–H groups in total. The zero-order valence-electron chi connectivity index (χ0n) is 27.3. The highest BCUT2D eigenvalue weighted by Crippen LogP contribution is 2.22. The van der Waals surface area contributed by atoms with Gasteiger partial charge < -0.3 is 24.5 Å². The Hall–Kier alpha value is -2.93. The van der Waals surface area contributed by atoms with Gasteiger partial charge in [0.1, 0.15) is 5.75 Å². The molecule has 2 aromatic carbocycles. The summed E-state index contributed by atoms with van der Waals surface area (Å²) in [7, 11) is 0. The topological polar surface area (TPSA) is 51.9 Å². The molecule has 2 saturated heterocycles. The lowest BCUT2D eigenvalue weighted by Gasteiger charge is -2.30. The summed E-state index contributed by atoms with van der Waals surface area (Å²) in [5.41, 5.74) is 4.88. The van der Waals surface area contributed by atoms with Crippen LogP contribution in [0.15, 0.2) is 73.1 Å². The van der Waals surface area contributed by atoms with Crippen molar-refractivity contribution in [3.63, 3.8) is 0 Å². The maximum absolute atomic E-state index is 11.1. The molecule has 6 heteroatoms. The first-order valence-corrected chi connectivity index (χ1v) is 17.1. The minimum atomic E-state index is 0.756. The first-order valence-electron chi connectivity index (χ1n) is 17.1. The molecule has 0 aliphatic carbocycles. The number of ether oxygens (including phenoxy) is 2. The predicted octanol–water partition coefficient (Wildman–Crippen LogP) is 7.31. The molecular weight excluding hydrogens is 546 g/mol. The van der Waals surface area contributed by atoms with Crippen LogP contribution in [0, 0.1) is 18.0 Å². The van der Waals surface area contributed by atoms with Gasteiger partial charge in [0.25, 0.3) is 0 Å². The number of hydrogen-bond donors (Lipinski definition) is 0. The van der Waals surface area contributed by atoms with E-state index in [1.165, 1.54) is 94.8 Å². The molecule has 0 spiro atoms. The van der Waals surface area contributed by atoms with Gasteiger partial charge >= 0.3 is 0 Å². The van der Waals surface area contributed by atoms with Crippen LogP contribution >= 0.6 is 0 Å². The monoisotopic (exact) mass is 601 g/mol. The minimum absolute atomic E-state index is 0.756. The van der Waals surface area contributed by atoms with Gasteiger partial charge in [0.05, 0.1) is 6.61 Å². The van der Waals surface area contributed by atoms with E-state index in [0.29, 0.717) is 0 Å². The Morgan fingerprint density at radius 3 is 2.09 bits per heavy atom. The summed E-state index contributed by atoms with van der Waals surface area (Å²) in [5, 5.41) is 11.1. The van der Waals surface area contributed by atoms with Crippen LogP contribution in [0.4, 0.5) is 0 Å². The Labute approximate surface area is 266 Å². The zero-order chi connectivity index (χ0) is 30.8. The second-order valence-electron chi connectivity index (χ2n) is 12.7. The number of rotatable bonds is 14. The molecule has 0 amide bonds. The van der Waals surface area contributed by atoms with Crippen molar-refractivity contribution in [3.05, 3.63) is 89.4 Å². The Morgan fingerprint density at radius 2 is 1.36 bits per heavy atom. The number of likely N-dealkylation sites (tertiary alicyclic amines) is 2. The normalized spacial score (nSPS) is 17.5. The van der Waals surface area contributed by atoms with Crippen LogP contribution in [0.25, 0.3) is 11.1 Å². The zero-order valence-corrected chi connectivity index (χ0v) is 27.3. The largest absolute Gasteiger partial charge is 0.619 e. The van der Waals surface area contributed by atoms with E-state index in [-0.39, 0.29) is 0 Å². The molecular formula is C38H55N3O3. The number of aromatic nitrogens is 1. The summed E-state index contributed by atoms with van der Waals surface area (Å²) in [6, 6.07) is 20.5. The van der Waals surface area contributed by atoms with Crippen molar-refractivity contribution < 1.29 is 14.2 Å². The van der Waals surface area contributed by atoms with Gasteiger partial charge in [-0.15, -0.1) is 0 Å². The standard InChI is InChI=1S/C20H26N2O2.C18H29NO/c1-17-4-2-11-21(16-17)12-3-15-24-20-7-5-18(6-8-20)19-9-13-22(23)14-10-19;1-17-8-10-18(11-9-17)7-5-15-20-16-6-14-19-12-3-2-4-13-19/h5-10,13-14,17H,2-4,11-12,15-16H2,1H3;8-11H,2-7,12-16H2,1H3/t17-;/m0./s1. The lowest BCUT2D eigenvalue weighted by molar-refractivity contribution is -0.605. The molecule has 0 radical (unpaired) electrons. The fraction of sp³-hybridized carbons (Fsp3) is 0.553. The molecule has 44 heavy (non-hydrogen) atoms. The molecule has 3 heterocycles. The van der Waals surface area contributed by atoms with Gasteiger partial charge in [0, 0.05) is 45.0 Å². The predicted molar refractivity (Wildman–Crippen MR) is 181 cm³/mol. The fourth-order valence-corrected chi connectivity index (χ4v) is 6.13. The molecule has 240 valence electrons. The lowest BCUT2D eigenvalue weighted by Crippen LogP contribution is -2.35. The molecule has 1 atom stereocenters. The molecule has 2 aliphatic rings. The van der Waals surface area contributed by atoms with Crippen LogP contribution in [0.3, 0.4) is 0 Å². The molecule has 6 nitrogen and oxygen atoms in total. The molecule has 3 aromatic rings. The summed E-state index contributed by atoms with van der Waals surface area (Å²) < 4.78 is 12.4. The van der Waals surface area contributed by atoms with Crippen molar-refractivity contribution in [3.8, 4) is 16.9 Å². The highest BCUT2D eigenvalue weighted by atomic mass is 16.5. The van der Waals surface area contributed by atoms with Crippen molar-refractivity contribution >= 4 is 0 Å². The smallest absolute Gasteiger partial charge is 0.180 e. The third-order valence-corrected chi connectivity index (χ3v) is 8.70. The molecule has 2 fully saturated rings. The minimum Gasteiger partial charge on any atom is -0.619 e. The molecule has 0 saturated carbocycles. The summed E-state index contributed by atoms with van der Waals surface area (Å²) in [6.07, 6.45) is 14.4. The van der Waals surface area contributed by atoms with Gasteiger partial charge in [-0.2, -0.15) is 4.73 Å². The number of hydrogen-bond acceptors (Lipinski definition) is 5. The fourth-order valence-electron chi connectivity index (χ4n) is 6.13. The maximum Gasteiger partial charge on any atom is 0.180 e. The van der Waals surface area contributed by atoms with E-state index in [9.17, 15) is 5.21 Å². The lowest BCUT2D eigenvalue weighted by atomic mass is 10.0. The molecule has 5 rings (SSSR count). The van der Waals surface area contributed by atoms with Gasteiger partial charge in [-0.3, -0.25) is 0 Å².